The molecule has 0 aliphatic carbocycles. The van der Waals surface area contributed by atoms with Gasteiger partial charge in [0.15, 0.2) is 11.6 Å². The number of hydrogen-bond donors (Lipinski definition) is 0. The molecule has 2 fully saturated rings. The molecule has 2 saturated heterocycles. The van der Waals surface area contributed by atoms with Crippen molar-refractivity contribution in [2.24, 2.45) is 5.92 Å². The molecule has 1 amide bonds. The number of piperidine rings is 2. The van der Waals surface area contributed by atoms with Gasteiger partial charge < -0.3 is 9.32 Å². The van der Waals surface area contributed by atoms with Crippen LogP contribution in [0.1, 0.15) is 38.2 Å². The van der Waals surface area contributed by atoms with Crippen LogP contribution in [0.5, 0.6) is 0 Å². The first-order chi connectivity index (χ1) is 12.7. The number of carbonyl (C=O) groups is 1. The van der Waals surface area contributed by atoms with Crippen LogP contribution < -0.4 is 0 Å². The molecule has 0 N–H and O–H groups in total. The highest BCUT2D eigenvalue weighted by Gasteiger charge is 2.38. The van der Waals surface area contributed by atoms with Gasteiger partial charge in [0.05, 0.1) is 6.26 Å². The lowest BCUT2D eigenvalue weighted by Gasteiger charge is -2.47. The maximum atomic E-state index is 12.2. The topological polar surface area (TPSA) is 62.5 Å². The van der Waals surface area contributed by atoms with Crippen molar-refractivity contribution in [3.05, 3.63) is 36.4 Å². The minimum atomic E-state index is 0.350. The normalized spacial score (nSPS) is 23.9. The van der Waals surface area contributed by atoms with Crippen LogP contribution in [0.25, 0.3) is 11.6 Å². The Bertz CT molecular complexity index is 729. The zero-order chi connectivity index (χ0) is 17.9. The van der Waals surface area contributed by atoms with Crippen LogP contribution in [-0.4, -0.2) is 51.4 Å². The van der Waals surface area contributed by atoms with Gasteiger partial charge in [-0.25, -0.2) is 9.97 Å². The molecule has 0 radical (unpaired) electrons. The molecule has 0 aromatic carbocycles. The Morgan fingerprint density at radius 2 is 2.12 bits per heavy atom. The smallest absolute Gasteiger partial charge is 0.222 e. The highest BCUT2D eigenvalue weighted by Crippen LogP contribution is 2.32. The highest BCUT2D eigenvalue weighted by atomic mass is 16.3. The van der Waals surface area contributed by atoms with E-state index in [0.717, 1.165) is 51.0 Å². The number of rotatable bonds is 5. The lowest BCUT2D eigenvalue weighted by molar-refractivity contribution is -0.141. The second kappa shape index (κ2) is 7.58. The second-order valence-corrected chi connectivity index (χ2v) is 7.37. The van der Waals surface area contributed by atoms with Crippen molar-refractivity contribution in [1.82, 2.24) is 19.8 Å². The minimum Gasteiger partial charge on any atom is -0.461 e. The zero-order valence-electron chi connectivity index (χ0n) is 15.3. The van der Waals surface area contributed by atoms with Crippen molar-refractivity contribution in [1.29, 1.82) is 0 Å². The molecule has 2 atom stereocenters. The number of furan rings is 1. The number of amides is 1. The van der Waals surface area contributed by atoms with E-state index in [-0.39, 0.29) is 0 Å². The third kappa shape index (κ3) is 3.51. The molecule has 6 heteroatoms. The van der Waals surface area contributed by atoms with Gasteiger partial charge in [-0.15, -0.1) is 0 Å². The molecule has 0 saturated carbocycles. The van der Waals surface area contributed by atoms with Crippen LogP contribution >= 0.6 is 0 Å². The number of nitrogens with zero attached hydrogens (tertiary/aromatic N) is 4. The van der Waals surface area contributed by atoms with Crippen LogP contribution in [0.2, 0.25) is 0 Å². The first kappa shape index (κ1) is 17.2. The summed E-state index contributed by atoms with van der Waals surface area (Å²) in [6.45, 7) is 6.00. The summed E-state index contributed by atoms with van der Waals surface area (Å²) >= 11 is 0. The molecular formula is C20H26N4O2. The van der Waals surface area contributed by atoms with Crippen LogP contribution in [0, 0.1) is 5.92 Å². The summed E-state index contributed by atoms with van der Waals surface area (Å²) in [5.74, 6) is 2.26. The van der Waals surface area contributed by atoms with Crippen LogP contribution in [0.3, 0.4) is 0 Å². The van der Waals surface area contributed by atoms with Crippen LogP contribution in [0.4, 0.5) is 0 Å². The van der Waals surface area contributed by atoms with Crippen molar-refractivity contribution in [3.8, 4) is 11.6 Å². The van der Waals surface area contributed by atoms with Crippen molar-refractivity contribution in [2.75, 3.05) is 19.6 Å². The lowest BCUT2D eigenvalue weighted by Crippen LogP contribution is -2.55. The summed E-state index contributed by atoms with van der Waals surface area (Å²) < 4.78 is 5.34. The molecule has 26 heavy (non-hydrogen) atoms. The van der Waals surface area contributed by atoms with Gasteiger partial charge >= 0.3 is 0 Å². The quantitative estimate of drug-likeness (QED) is 0.826. The Labute approximate surface area is 154 Å². The molecule has 2 aliphatic rings. The predicted molar refractivity (Wildman–Crippen MR) is 98.1 cm³/mol. The Morgan fingerprint density at radius 3 is 2.85 bits per heavy atom. The van der Waals surface area contributed by atoms with Gasteiger partial charge in [-0.3, -0.25) is 9.69 Å². The average Bonchev–Trinajstić information content (AvgIpc) is 3.20. The van der Waals surface area contributed by atoms with Gasteiger partial charge in [0.1, 0.15) is 0 Å². The van der Waals surface area contributed by atoms with Gasteiger partial charge in [0.25, 0.3) is 0 Å². The molecule has 4 rings (SSSR count). The van der Waals surface area contributed by atoms with E-state index in [2.05, 4.69) is 26.7 Å². The van der Waals surface area contributed by atoms with Gasteiger partial charge in [-0.2, -0.15) is 0 Å². The third-order valence-corrected chi connectivity index (χ3v) is 5.55. The first-order valence-electron chi connectivity index (χ1n) is 9.61. The maximum Gasteiger partial charge on any atom is 0.222 e. The molecule has 6 nitrogen and oxygen atoms in total. The SMILES string of the molecule is CCCN1C(=O)CC[C@H]2CN(Cc3cnc(-c4ccco4)nc3)CC[C@H]21. The summed E-state index contributed by atoms with van der Waals surface area (Å²) in [7, 11) is 0. The maximum absolute atomic E-state index is 12.2. The van der Waals surface area contributed by atoms with Gasteiger partial charge in [-0.1, -0.05) is 6.92 Å². The fraction of sp³-hybridized carbons (Fsp3) is 0.550. The van der Waals surface area contributed by atoms with E-state index < -0.39 is 0 Å². The molecule has 2 aromatic rings. The lowest BCUT2D eigenvalue weighted by atomic mass is 9.83. The van der Waals surface area contributed by atoms with Gasteiger partial charge in [0.2, 0.25) is 5.91 Å². The number of carbonyl (C=O) groups excluding carboxylic acids is 1. The summed E-state index contributed by atoms with van der Waals surface area (Å²) in [5, 5.41) is 0. The van der Waals surface area contributed by atoms with Crippen LogP contribution in [0.15, 0.2) is 35.2 Å². The van der Waals surface area contributed by atoms with Crippen molar-refractivity contribution >= 4 is 5.91 Å². The summed E-state index contributed by atoms with van der Waals surface area (Å²) in [6, 6.07) is 4.14. The minimum absolute atomic E-state index is 0.350. The number of likely N-dealkylation sites (tertiary alicyclic amines) is 2. The van der Waals surface area contributed by atoms with Gasteiger partial charge in [-0.05, 0) is 37.3 Å². The zero-order valence-corrected chi connectivity index (χ0v) is 15.3. The molecule has 2 aromatic heterocycles. The van der Waals surface area contributed by atoms with Gasteiger partial charge in [0, 0.05) is 56.6 Å². The summed E-state index contributed by atoms with van der Waals surface area (Å²) in [4.78, 5) is 25.7. The Hall–Kier alpha value is -2.21. The average molecular weight is 354 g/mol. The Balaban J connectivity index is 1.38. The number of hydrogen-bond acceptors (Lipinski definition) is 5. The number of fused-ring (bicyclic) bond motifs is 1. The molecule has 2 aliphatic heterocycles. The van der Waals surface area contributed by atoms with Crippen molar-refractivity contribution in [3.63, 3.8) is 0 Å². The van der Waals surface area contributed by atoms with E-state index in [0.29, 0.717) is 35.9 Å². The molecular weight excluding hydrogens is 328 g/mol. The van der Waals surface area contributed by atoms with E-state index in [1.54, 1.807) is 6.26 Å². The summed E-state index contributed by atoms with van der Waals surface area (Å²) in [5.41, 5.74) is 1.12. The summed E-state index contributed by atoms with van der Waals surface area (Å²) in [6.07, 6.45) is 9.26. The Morgan fingerprint density at radius 1 is 1.27 bits per heavy atom. The number of aromatic nitrogens is 2. The van der Waals surface area contributed by atoms with E-state index in [4.69, 9.17) is 4.42 Å². The predicted octanol–water partition coefficient (Wildman–Crippen LogP) is 2.96. The van der Waals surface area contributed by atoms with E-state index in [9.17, 15) is 4.79 Å². The molecule has 0 bridgehead atoms. The molecule has 4 heterocycles. The monoisotopic (exact) mass is 354 g/mol. The fourth-order valence-corrected chi connectivity index (χ4v) is 4.33. The van der Waals surface area contributed by atoms with E-state index in [1.807, 2.05) is 24.5 Å². The van der Waals surface area contributed by atoms with E-state index >= 15 is 0 Å². The second-order valence-electron chi connectivity index (χ2n) is 7.37. The van der Waals surface area contributed by atoms with Crippen LogP contribution in [-0.2, 0) is 11.3 Å². The van der Waals surface area contributed by atoms with Crippen molar-refractivity contribution < 1.29 is 9.21 Å². The molecule has 0 unspecified atom stereocenters. The first-order valence-corrected chi connectivity index (χ1v) is 9.61. The Kier molecular flexibility index (Phi) is 5.02. The molecule has 0 spiro atoms. The third-order valence-electron chi connectivity index (χ3n) is 5.55. The molecule has 138 valence electrons. The van der Waals surface area contributed by atoms with E-state index in [1.165, 1.54) is 0 Å². The largest absolute Gasteiger partial charge is 0.461 e. The van der Waals surface area contributed by atoms with Crippen molar-refractivity contribution in [2.45, 2.75) is 45.2 Å². The standard InChI is InChI=1S/C20H26N4O2/c1-2-8-24-17-7-9-23(14-16(17)5-6-19(24)25)13-15-11-21-20(22-12-15)18-4-3-10-26-18/h3-4,10-12,16-17H,2,5-9,13-14H2,1H3/t16-,17+/m0/s1. The highest BCUT2D eigenvalue weighted by molar-refractivity contribution is 5.77. The fourth-order valence-electron chi connectivity index (χ4n) is 4.33.